The number of nitrogens with zero attached hydrogens (tertiary/aromatic N) is 5. The number of hydrogen-bond acceptors (Lipinski definition) is 25. The quantitative estimate of drug-likeness (QED) is 0.00596. The summed E-state index contributed by atoms with van der Waals surface area (Å²) in [4.78, 5) is 115. The minimum atomic E-state index is -1.94. The van der Waals surface area contributed by atoms with E-state index in [1.807, 2.05) is 65.4 Å². The van der Waals surface area contributed by atoms with Crippen LogP contribution in [0, 0.1) is 17.8 Å². The van der Waals surface area contributed by atoms with Gasteiger partial charge in [0.15, 0.2) is 18.7 Å². The second kappa shape index (κ2) is 45.7. The molecule has 624 valence electrons. The number of amides is 7. The van der Waals surface area contributed by atoms with E-state index in [-0.39, 0.29) is 105 Å². The second-order valence-corrected chi connectivity index (χ2v) is 34.7. The monoisotopic (exact) mass is 1610 g/mol. The number of azide groups is 1. The number of hydrogen-bond donors (Lipinski definition) is 9. The van der Waals surface area contributed by atoms with E-state index < -0.39 is 126 Å². The van der Waals surface area contributed by atoms with Crippen molar-refractivity contribution >= 4 is 86.5 Å². The Bertz CT molecular complexity index is 3150. The number of fused-ring (bicyclic) bond motifs is 1. The number of ether oxygens (including phenoxy) is 9. The third kappa shape index (κ3) is 27.5. The topological polar surface area (TPSA) is 400 Å². The lowest BCUT2D eigenvalue weighted by atomic mass is 9.77. The van der Waals surface area contributed by atoms with Crippen LogP contribution in [0.1, 0.15) is 183 Å². The van der Waals surface area contributed by atoms with Crippen molar-refractivity contribution in [3.8, 4) is 0 Å². The number of thioether (sulfide) groups is 1. The normalized spacial score (nSPS) is 32.5. The molecular formula is C76H128N12O19S3. The van der Waals surface area contributed by atoms with Crippen LogP contribution in [0.15, 0.2) is 29.4 Å². The third-order valence-electron chi connectivity index (χ3n) is 22.0. The molecule has 5 unspecified atom stereocenters. The molecule has 34 heteroatoms. The minimum absolute atomic E-state index is 0.0145. The van der Waals surface area contributed by atoms with Crippen LogP contribution in [-0.4, -0.2) is 273 Å². The molecule has 1 aromatic rings. The van der Waals surface area contributed by atoms with Crippen LogP contribution in [0.3, 0.4) is 0 Å². The number of methoxy groups -OCH3 is 2. The Hall–Kier alpha value is -5.30. The Kier molecular flexibility index (Phi) is 38.9. The summed E-state index contributed by atoms with van der Waals surface area (Å²) in [5.41, 5.74) is 4.99. The van der Waals surface area contributed by atoms with Crippen LogP contribution in [0.4, 0.5) is 10.5 Å². The van der Waals surface area contributed by atoms with Gasteiger partial charge in [-0.05, 0) is 151 Å². The molecule has 31 nitrogen and oxygen atoms in total. The molecule has 5 aliphatic heterocycles. The molecule has 5 fully saturated rings. The van der Waals surface area contributed by atoms with E-state index in [0.29, 0.717) is 74.1 Å². The molecule has 0 bridgehead atoms. The van der Waals surface area contributed by atoms with Gasteiger partial charge in [0, 0.05) is 123 Å². The Labute approximate surface area is 662 Å². The fourth-order valence-electron chi connectivity index (χ4n) is 15.4. The number of nitrogens with one attached hydrogen (secondary N) is 7. The Morgan fingerprint density at radius 1 is 0.800 bits per heavy atom. The molecule has 5 aliphatic rings. The third-order valence-corrected chi connectivity index (χ3v) is 25.9. The average Bonchev–Trinajstić information content (AvgIpc) is 0.897. The molecule has 0 spiro atoms. The molecule has 9 N–H and O–H groups in total. The summed E-state index contributed by atoms with van der Waals surface area (Å²) >= 11 is 1.85. The lowest BCUT2D eigenvalue weighted by Gasteiger charge is -2.49. The molecule has 0 saturated carbocycles. The van der Waals surface area contributed by atoms with Gasteiger partial charge in [0.2, 0.25) is 23.6 Å². The standard InChI is InChI=1S/C76H128N12O19S3/c1-17-57-76(12,98)66(101-38-24-35-79-59(90)33-39-109-110-40-36-80-70(95)53(82-69(94)51-28-30-52(31-29-51)85-86-77)25-22-23-34-78-58(89)27-21-20-26-56-62-54(44-108-56)83-73(97)84-62)49(8)81-68(93)45(4)42-74(10,99-15)65(107-72-63(92)55(87(13)14)41-46(5)102-72)47(6)64(48(7)71(96)104-57)106-61-43-75(11,100-16)67(50(9)103-61)105-60(91)32-37-88(18-2)19-3/h28-31,45-50,53-57,61-67,72,92,98H,17-27,32-44H2,1-16H3,(H,78,89)(H,79,90)(H,80,95)(H,81,93)(H,82,94)(H2,83,84,97)/t45-,46-,47+,48-,49-,50+,53?,54?,55+,56?,57-,61+,62?,63-,64+,65-,66?,67+,72+,74-,75-,76-/m1/s1. The van der Waals surface area contributed by atoms with Crippen molar-refractivity contribution < 1.29 is 91.2 Å². The molecule has 0 aromatic heterocycles. The number of likely N-dealkylation sites (N-methyl/N-ethyl adjacent to an activating group) is 1. The Morgan fingerprint density at radius 3 is 2.14 bits per heavy atom. The number of carbonyl (C=O) groups is 8. The first-order valence-corrected chi connectivity index (χ1v) is 42.8. The summed E-state index contributed by atoms with van der Waals surface area (Å²) in [7, 11) is 9.71. The van der Waals surface area contributed by atoms with Gasteiger partial charge in [-0.1, -0.05) is 79.9 Å². The first kappa shape index (κ1) is 93.6. The highest BCUT2D eigenvalue weighted by Crippen LogP contribution is 2.43. The zero-order valence-corrected chi connectivity index (χ0v) is 70.0. The average molecular weight is 1610 g/mol. The van der Waals surface area contributed by atoms with Crippen LogP contribution >= 0.6 is 33.3 Å². The maximum absolute atomic E-state index is 15.2. The van der Waals surface area contributed by atoms with Gasteiger partial charge >= 0.3 is 18.0 Å². The Morgan fingerprint density at radius 2 is 1.47 bits per heavy atom. The van der Waals surface area contributed by atoms with Gasteiger partial charge in [-0.15, -0.1) is 0 Å². The fraction of sp³-hybridized carbons (Fsp3) is 0.816. The van der Waals surface area contributed by atoms with Crippen LogP contribution in [0.2, 0.25) is 0 Å². The second-order valence-electron chi connectivity index (χ2n) is 30.7. The number of aliphatic hydroxyl groups excluding tert-OH is 1. The summed E-state index contributed by atoms with van der Waals surface area (Å²) in [5.74, 6) is -3.61. The van der Waals surface area contributed by atoms with Crippen molar-refractivity contribution in [1.29, 1.82) is 0 Å². The SMILES string of the molecule is CC[C@H]1OC(=O)[C@H](C)[C@@H](O[C@H]2C[C@@](C)(OC)[C@@H](OC(=O)CCN(CC)CC)[C@H](C)O2)[C@H](C)[C@@H](O[C@@H]2O[C@H](C)C[C@H](N(C)C)[C@H]2O)[C@](C)(OC)C[C@@H](C)C(=O)N[C@H](C)C(OCCCNC(=O)CCSSCCNC(=O)C(CCCCNC(=O)CCCCC2SCC3NC(=O)NC32)NC(=O)c2ccc(N=[N+]=[N-])cc2)[C@]1(C)O. The van der Waals surface area contributed by atoms with E-state index in [1.165, 1.54) is 67.0 Å². The summed E-state index contributed by atoms with van der Waals surface area (Å²) in [6.45, 7) is 24.5. The van der Waals surface area contributed by atoms with Crippen LogP contribution in [-0.2, 0) is 71.4 Å². The molecule has 1 aromatic carbocycles. The summed E-state index contributed by atoms with van der Waals surface area (Å²) in [5, 5.41) is 49.4. The molecule has 22 atom stereocenters. The highest BCUT2D eigenvalue weighted by atomic mass is 33.1. The molecule has 0 aliphatic carbocycles. The van der Waals surface area contributed by atoms with Gasteiger partial charge in [0.25, 0.3) is 5.91 Å². The van der Waals surface area contributed by atoms with Crippen molar-refractivity contribution in [2.75, 3.05) is 91.4 Å². The fourth-order valence-corrected chi connectivity index (χ4v) is 18.9. The van der Waals surface area contributed by atoms with E-state index in [0.717, 1.165) is 38.1 Å². The predicted molar refractivity (Wildman–Crippen MR) is 422 cm³/mol. The summed E-state index contributed by atoms with van der Waals surface area (Å²) < 4.78 is 58.8. The first-order chi connectivity index (χ1) is 52.3. The molecule has 110 heavy (non-hydrogen) atoms. The molecule has 5 heterocycles. The maximum Gasteiger partial charge on any atom is 0.315 e. The smallest absolute Gasteiger partial charge is 0.315 e. The molecule has 5 saturated heterocycles. The van der Waals surface area contributed by atoms with Crippen molar-refractivity contribution in [3.05, 3.63) is 40.3 Å². The zero-order valence-electron chi connectivity index (χ0n) is 67.5. The maximum atomic E-state index is 15.2. The van der Waals surface area contributed by atoms with Crippen molar-refractivity contribution in [2.45, 2.75) is 287 Å². The van der Waals surface area contributed by atoms with Gasteiger partial charge in [-0.25, -0.2) is 4.79 Å². The minimum Gasteiger partial charge on any atom is -0.459 e. The van der Waals surface area contributed by atoms with E-state index in [2.05, 4.69) is 52.1 Å². The van der Waals surface area contributed by atoms with Crippen LogP contribution in [0.25, 0.3) is 10.4 Å². The van der Waals surface area contributed by atoms with Crippen molar-refractivity contribution in [2.24, 2.45) is 22.9 Å². The summed E-state index contributed by atoms with van der Waals surface area (Å²) in [6, 6.07) is 4.06. The number of urea groups is 1. The van der Waals surface area contributed by atoms with E-state index >= 15 is 4.79 Å². The molecule has 0 radical (unpaired) electrons. The largest absolute Gasteiger partial charge is 0.459 e. The van der Waals surface area contributed by atoms with E-state index in [4.69, 9.17) is 48.2 Å². The van der Waals surface area contributed by atoms with Gasteiger partial charge in [-0.3, -0.25) is 33.6 Å². The number of unbranched alkanes of at least 4 members (excludes halogenated alkanes) is 2. The molecular weight excluding hydrogens is 1480 g/mol. The number of cyclic esters (lactones) is 1. The highest BCUT2D eigenvalue weighted by molar-refractivity contribution is 8.76. The van der Waals surface area contributed by atoms with Gasteiger partial charge in [0.05, 0.1) is 60.5 Å². The lowest BCUT2D eigenvalue weighted by Crippen LogP contribution is -2.61. The zero-order chi connectivity index (χ0) is 81.0. The number of benzene rings is 1. The van der Waals surface area contributed by atoms with E-state index in [9.17, 15) is 43.8 Å². The van der Waals surface area contributed by atoms with Gasteiger partial charge < -0.3 is 99.9 Å². The summed E-state index contributed by atoms with van der Waals surface area (Å²) in [6.07, 6.45) is -4.29. The Balaban J connectivity index is 1.05. The van der Waals surface area contributed by atoms with Crippen LogP contribution < -0.4 is 37.2 Å². The predicted octanol–water partition coefficient (Wildman–Crippen LogP) is 7.19. The first-order valence-electron chi connectivity index (χ1n) is 39.3. The number of rotatable bonds is 40. The van der Waals surface area contributed by atoms with Crippen LogP contribution in [0.5, 0.6) is 0 Å². The molecule has 6 rings (SSSR count). The number of esters is 2. The van der Waals surface area contributed by atoms with Gasteiger partial charge in [0.1, 0.15) is 35.6 Å². The van der Waals surface area contributed by atoms with Gasteiger partial charge in [-0.2, -0.15) is 11.8 Å². The highest BCUT2D eigenvalue weighted by Gasteiger charge is 2.55. The van der Waals surface area contributed by atoms with Crippen molar-refractivity contribution in [3.63, 3.8) is 0 Å². The lowest BCUT2D eigenvalue weighted by molar-refractivity contribution is -0.320. The molecule has 7 amide bonds. The van der Waals surface area contributed by atoms with E-state index in [1.54, 1.807) is 41.5 Å². The number of carbonyl (C=O) groups excluding carboxylic acids is 8. The number of aliphatic hydroxyl groups is 2. The van der Waals surface area contributed by atoms with Crippen molar-refractivity contribution in [1.82, 2.24) is 47.0 Å².